The zero-order valence-corrected chi connectivity index (χ0v) is 18.3. The molecule has 0 spiro atoms. The minimum absolute atomic E-state index is 0.167. The summed E-state index contributed by atoms with van der Waals surface area (Å²) < 4.78 is 13.0. The van der Waals surface area contributed by atoms with E-state index in [0.717, 1.165) is 5.56 Å². The lowest BCUT2D eigenvalue weighted by Crippen LogP contribution is -2.28. The third-order valence-electron chi connectivity index (χ3n) is 5.04. The van der Waals surface area contributed by atoms with Gasteiger partial charge < -0.3 is 15.5 Å². The van der Waals surface area contributed by atoms with Crippen molar-refractivity contribution in [3.63, 3.8) is 0 Å². The van der Waals surface area contributed by atoms with E-state index in [-0.39, 0.29) is 17.2 Å². The maximum absolute atomic E-state index is 13.0. The van der Waals surface area contributed by atoms with Crippen LogP contribution in [-0.4, -0.2) is 30.8 Å². The molecule has 0 heterocycles. The molecule has 3 rings (SSSR count). The molecule has 0 aliphatic rings. The Bertz CT molecular complexity index is 1180. The van der Waals surface area contributed by atoms with Crippen molar-refractivity contribution in [2.24, 2.45) is 0 Å². The molecule has 2 amide bonds. The number of anilines is 2. The Morgan fingerprint density at radius 2 is 1.61 bits per heavy atom. The van der Waals surface area contributed by atoms with E-state index in [1.165, 1.54) is 42.5 Å². The molecular weight excluding hydrogens is 427 g/mol. The first-order chi connectivity index (χ1) is 15.7. The van der Waals surface area contributed by atoms with Crippen molar-refractivity contribution >= 4 is 28.9 Å². The number of nitro groups is 1. The summed E-state index contributed by atoms with van der Waals surface area (Å²) in [6.45, 7) is 1.79. The molecule has 9 heteroatoms. The minimum Gasteiger partial charge on any atom is -0.377 e. The predicted octanol–water partition coefficient (Wildman–Crippen LogP) is 4.54. The van der Waals surface area contributed by atoms with E-state index < -0.39 is 22.7 Å². The molecule has 2 N–H and O–H groups in total. The largest absolute Gasteiger partial charge is 0.377 e. The van der Waals surface area contributed by atoms with Crippen LogP contribution in [0.3, 0.4) is 0 Å². The van der Waals surface area contributed by atoms with Crippen LogP contribution in [-0.2, 0) is 0 Å². The number of nitrogens with one attached hydrogen (secondary N) is 2. The van der Waals surface area contributed by atoms with Crippen molar-refractivity contribution in [3.8, 4) is 0 Å². The topological polar surface area (TPSA) is 105 Å². The van der Waals surface area contributed by atoms with Gasteiger partial charge in [0.1, 0.15) is 5.82 Å². The van der Waals surface area contributed by atoms with Crippen LogP contribution in [0, 0.1) is 15.9 Å². The summed E-state index contributed by atoms with van der Waals surface area (Å²) in [5, 5.41) is 16.7. The van der Waals surface area contributed by atoms with Gasteiger partial charge in [-0.25, -0.2) is 4.39 Å². The zero-order valence-electron chi connectivity index (χ0n) is 18.3. The molecule has 0 fully saturated rings. The van der Waals surface area contributed by atoms with Crippen LogP contribution in [0.25, 0.3) is 0 Å². The summed E-state index contributed by atoms with van der Waals surface area (Å²) in [5.41, 5.74) is 2.24. The van der Waals surface area contributed by atoms with Crippen molar-refractivity contribution < 1.29 is 18.9 Å². The first-order valence-corrected chi connectivity index (χ1v) is 10.1. The van der Waals surface area contributed by atoms with Crippen molar-refractivity contribution in [1.82, 2.24) is 5.32 Å². The fourth-order valence-corrected chi connectivity index (χ4v) is 3.23. The molecule has 0 aliphatic heterocycles. The number of amides is 2. The van der Waals surface area contributed by atoms with Crippen LogP contribution in [0.2, 0.25) is 0 Å². The third-order valence-corrected chi connectivity index (χ3v) is 5.04. The van der Waals surface area contributed by atoms with E-state index in [4.69, 9.17) is 0 Å². The highest BCUT2D eigenvalue weighted by atomic mass is 19.1. The SMILES string of the molecule is CC(NC(=O)c1cc([N+](=O)[O-])ccc1N(C)C)c1ccc(NC(=O)c2ccc(F)cc2)cc1. The quantitative estimate of drug-likeness (QED) is 0.406. The van der Waals surface area contributed by atoms with Crippen LogP contribution >= 0.6 is 0 Å². The number of rotatable bonds is 7. The second kappa shape index (κ2) is 9.90. The van der Waals surface area contributed by atoms with Crippen LogP contribution in [0.15, 0.2) is 66.7 Å². The first-order valence-electron chi connectivity index (χ1n) is 10.1. The molecule has 170 valence electrons. The van der Waals surface area contributed by atoms with Crippen LogP contribution in [0.4, 0.5) is 21.5 Å². The van der Waals surface area contributed by atoms with Gasteiger partial charge in [0, 0.05) is 43.2 Å². The van der Waals surface area contributed by atoms with Gasteiger partial charge in [-0.15, -0.1) is 0 Å². The smallest absolute Gasteiger partial charge is 0.270 e. The third kappa shape index (κ3) is 5.70. The number of carbonyl (C=O) groups is 2. The molecule has 1 unspecified atom stereocenters. The molecule has 0 radical (unpaired) electrons. The molecule has 3 aromatic carbocycles. The fourth-order valence-electron chi connectivity index (χ4n) is 3.23. The van der Waals surface area contributed by atoms with E-state index in [2.05, 4.69) is 10.6 Å². The van der Waals surface area contributed by atoms with Crippen molar-refractivity contribution in [1.29, 1.82) is 0 Å². The van der Waals surface area contributed by atoms with Gasteiger partial charge in [-0.3, -0.25) is 19.7 Å². The Morgan fingerprint density at radius 1 is 0.970 bits per heavy atom. The molecule has 8 nitrogen and oxygen atoms in total. The summed E-state index contributed by atoms with van der Waals surface area (Å²) in [6.07, 6.45) is 0. The second-order valence-corrected chi connectivity index (χ2v) is 7.63. The molecule has 33 heavy (non-hydrogen) atoms. The highest BCUT2D eigenvalue weighted by Crippen LogP contribution is 2.25. The second-order valence-electron chi connectivity index (χ2n) is 7.63. The van der Waals surface area contributed by atoms with E-state index in [1.807, 2.05) is 0 Å². The molecule has 0 saturated heterocycles. The normalized spacial score (nSPS) is 11.4. The van der Waals surface area contributed by atoms with Gasteiger partial charge in [0.2, 0.25) is 0 Å². The average molecular weight is 450 g/mol. The number of hydrogen-bond acceptors (Lipinski definition) is 5. The van der Waals surface area contributed by atoms with Crippen LogP contribution in [0.5, 0.6) is 0 Å². The first kappa shape index (κ1) is 23.4. The minimum atomic E-state index is -0.543. The molecule has 0 saturated carbocycles. The Morgan fingerprint density at radius 3 is 2.18 bits per heavy atom. The number of nitro benzene ring substituents is 1. The lowest BCUT2D eigenvalue weighted by Gasteiger charge is -2.19. The van der Waals surface area contributed by atoms with Crippen LogP contribution in [0.1, 0.15) is 39.2 Å². The summed E-state index contributed by atoms with van der Waals surface area (Å²) in [7, 11) is 3.50. The fraction of sp³-hybridized carbons (Fsp3) is 0.167. The molecule has 0 aliphatic carbocycles. The van der Waals surface area contributed by atoms with Gasteiger partial charge in [-0.05, 0) is 55.0 Å². The van der Waals surface area contributed by atoms with Gasteiger partial charge in [0.25, 0.3) is 17.5 Å². The zero-order chi connectivity index (χ0) is 24.1. The van der Waals surface area contributed by atoms with Crippen molar-refractivity contribution in [2.45, 2.75) is 13.0 Å². The Hall–Kier alpha value is -4.27. The highest BCUT2D eigenvalue weighted by Gasteiger charge is 2.20. The lowest BCUT2D eigenvalue weighted by atomic mass is 10.1. The van der Waals surface area contributed by atoms with E-state index in [0.29, 0.717) is 16.9 Å². The number of carbonyl (C=O) groups excluding carboxylic acids is 2. The maximum Gasteiger partial charge on any atom is 0.270 e. The summed E-state index contributed by atoms with van der Waals surface area (Å²) in [5.74, 6) is -1.23. The van der Waals surface area contributed by atoms with Crippen molar-refractivity contribution in [2.75, 3.05) is 24.3 Å². The van der Waals surface area contributed by atoms with Gasteiger partial charge in [-0.2, -0.15) is 0 Å². The molecule has 3 aromatic rings. The van der Waals surface area contributed by atoms with Gasteiger partial charge >= 0.3 is 0 Å². The number of benzene rings is 3. The maximum atomic E-state index is 13.0. The molecule has 0 aromatic heterocycles. The lowest BCUT2D eigenvalue weighted by molar-refractivity contribution is -0.384. The number of halogens is 1. The van der Waals surface area contributed by atoms with E-state index >= 15 is 0 Å². The number of non-ortho nitro benzene ring substituents is 1. The van der Waals surface area contributed by atoms with Gasteiger partial charge in [-0.1, -0.05) is 12.1 Å². The van der Waals surface area contributed by atoms with E-state index in [9.17, 15) is 24.1 Å². The molecular formula is C24H23FN4O4. The average Bonchev–Trinajstić information content (AvgIpc) is 2.79. The molecule has 0 bridgehead atoms. The Labute approximate surface area is 190 Å². The standard InChI is InChI=1S/C24H23FN4O4/c1-15(26-24(31)21-14-20(29(32)33)12-13-22(21)28(2)3)16-6-10-19(11-7-16)27-23(30)17-4-8-18(25)9-5-17/h4-15H,1-3H3,(H,26,31)(H,27,30). The number of nitrogens with zero attached hydrogens (tertiary/aromatic N) is 2. The summed E-state index contributed by atoms with van der Waals surface area (Å²) >= 11 is 0. The van der Waals surface area contributed by atoms with Gasteiger partial charge in [0.05, 0.1) is 16.5 Å². The Balaban J connectivity index is 1.70. The number of hydrogen-bond donors (Lipinski definition) is 2. The Kier molecular flexibility index (Phi) is 7.02. The van der Waals surface area contributed by atoms with Gasteiger partial charge in [0.15, 0.2) is 0 Å². The summed E-state index contributed by atoms with van der Waals surface area (Å²) in [4.78, 5) is 37.4. The monoisotopic (exact) mass is 450 g/mol. The van der Waals surface area contributed by atoms with Crippen molar-refractivity contribution in [3.05, 3.63) is 99.4 Å². The van der Waals surface area contributed by atoms with Crippen LogP contribution < -0.4 is 15.5 Å². The highest BCUT2D eigenvalue weighted by molar-refractivity contribution is 6.04. The van der Waals surface area contributed by atoms with E-state index in [1.54, 1.807) is 50.2 Å². The predicted molar refractivity (Wildman–Crippen MR) is 124 cm³/mol. The summed E-state index contributed by atoms with van der Waals surface area (Å²) in [6, 6.07) is 15.9. The molecule has 1 atom stereocenters.